The summed E-state index contributed by atoms with van der Waals surface area (Å²) in [5.41, 5.74) is 6.60. The molecule has 2 rings (SSSR count). The molecule has 0 aliphatic rings. The number of aryl methyl sites for hydroxylation is 2. The molecule has 2 aromatic rings. The van der Waals surface area contributed by atoms with Crippen LogP contribution in [-0.2, 0) is 13.0 Å². The van der Waals surface area contributed by atoms with Gasteiger partial charge in [-0.2, -0.15) is 0 Å². The van der Waals surface area contributed by atoms with Crippen molar-refractivity contribution in [3.05, 3.63) is 52.3 Å². The highest BCUT2D eigenvalue weighted by molar-refractivity contribution is 5.24. The molecule has 0 aliphatic heterocycles. The molecule has 15 heavy (non-hydrogen) atoms. The summed E-state index contributed by atoms with van der Waals surface area (Å²) in [6.45, 7) is 0.625. The lowest BCUT2D eigenvalue weighted by Crippen LogP contribution is -2.17. The van der Waals surface area contributed by atoms with Gasteiger partial charge in [-0.05, 0) is 12.0 Å². The molecule has 4 nitrogen and oxygen atoms in total. The van der Waals surface area contributed by atoms with E-state index in [2.05, 4.69) is 5.10 Å². The smallest absolute Gasteiger partial charge is 0.268 e. The Balaban J connectivity index is 2.05. The van der Waals surface area contributed by atoms with Crippen molar-refractivity contribution >= 4 is 5.82 Å². The summed E-state index contributed by atoms with van der Waals surface area (Å²) in [6, 6.07) is 11.4. The van der Waals surface area contributed by atoms with Crippen LogP contribution in [0.3, 0.4) is 0 Å². The van der Waals surface area contributed by atoms with Crippen LogP contribution < -0.4 is 11.3 Å². The van der Waals surface area contributed by atoms with Gasteiger partial charge >= 0.3 is 0 Å². The van der Waals surface area contributed by atoms with Crippen molar-refractivity contribution in [3.63, 3.8) is 0 Å². The Morgan fingerprint density at radius 1 is 1.27 bits per heavy atom. The minimum absolute atomic E-state index is 0.0802. The first-order chi connectivity index (χ1) is 7.25. The van der Waals surface area contributed by atoms with Gasteiger partial charge in [-0.25, -0.2) is 0 Å². The zero-order valence-corrected chi connectivity index (χ0v) is 8.31. The lowest BCUT2D eigenvalue weighted by atomic mass is 10.1. The Bertz CT molecular complexity index is 484. The number of hydrogen-bond donors (Lipinski definition) is 2. The van der Waals surface area contributed by atoms with Gasteiger partial charge in [0, 0.05) is 12.6 Å². The molecular formula is C11H13N3O. The molecule has 0 atom stereocenters. The van der Waals surface area contributed by atoms with Crippen LogP contribution in [0, 0.1) is 0 Å². The summed E-state index contributed by atoms with van der Waals surface area (Å²) in [7, 11) is 0. The molecule has 0 spiro atoms. The molecule has 0 saturated heterocycles. The van der Waals surface area contributed by atoms with Gasteiger partial charge < -0.3 is 5.73 Å². The van der Waals surface area contributed by atoms with E-state index < -0.39 is 0 Å². The van der Waals surface area contributed by atoms with Gasteiger partial charge in [0.25, 0.3) is 5.56 Å². The Labute approximate surface area is 87.3 Å². The number of aromatic amines is 1. The molecular weight excluding hydrogens is 190 g/mol. The second kappa shape index (κ2) is 4.04. The predicted octanol–water partition coefficient (Wildman–Crippen LogP) is 1.00. The van der Waals surface area contributed by atoms with Gasteiger partial charge in [0.1, 0.15) is 5.82 Å². The largest absolute Gasteiger partial charge is 0.384 e. The Morgan fingerprint density at radius 3 is 2.60 bits per heavy atom. The van der Waals surface area contributed by atoms with Gasteiger partial charge in [-0.1, -0.05) is 30.3 Å². The Hall–Kier alpha value is -1.97. The van der Waals surface area contributed by atoms with Gasteiger partial charge in [0.05, 0.1) is 0 Å². The fourth-order valence-corrected chi connectivity index (χ4v) is 1.51. The number of nitrogens with one attached hydrogen (secondary N) is 1. The minimum atomic E-state index is -0.0802. The molecule has 0 unspecified atom stereocenters. The fourth-order valence-electron chi connectivity index (χ4n) is 1.51. The van der Waals surface area contributed by atoms with Crippen molar-refractivity contribution in [2.45, 2.75) is 13.0 Å². The number of rotatable bonds is 3. The number of nitrogen functional groups attached to an aromatic ring is 1. The SMILES string of the molecule is Nc1cc(=O)n(CCc2ccccc2)[nH]1. The second-order valence-corrected chi connectivity index (χ2v) is 3.44. The molecule has 0 bridgehead atoms. The van der Waals surface area contributed by atoms with Crippen LogP contribution in [0.4, 0.5) is 5.82 Å². The maximum absolute atomic E-state index is 11.3. The van der Waals surface area contributed by atoms with Crippen molar-refractivity contribution in [1.29, 1.82) is 0 Å². The van der Waals surface area contributed by atoms with Crippen LogP contribution in [0.25, 0.3) is 0 Å². The molecule has 0 fully saturated rings. The molecule has 0 amide bonds. The zero-order valence-electron chi connectivity index (χ0n) is 8.31. The number of hydrogen-bond acceptors (Lipinski definition) is 2. The van der Waals surface area contributed by atoms with Crippen LogP contribution in [-0.4, -0.2) is 9.78 Å². The van der Waals surface area contributed by atoms with Gasteiger partial charge in [-0.3, -0.25) is 14.6 Å². The van der Waals surface area contributed by atoms with Crippen LogP contribution in [0.5, 0.6) is 0 Å². The van der Waals surface area contributed by atoms with E-state index in [4.69, 9.17) is 5.73 Å². The standard InChI is InChI=1S/C11H13N3O/c12-10-8-11(15)14(13-10)7-6-9-4-2-1-3-5-9/h1-5,8,13H,6-7,12H2. The predicted molar refractivity (Wildman–Crippen MR) is 59.6 cm³/mol. The van der Waals surface area contributed by atoms with E-state index in [0.29, 0.717) is 12.4 Å². The van der Waals surface area contributed by atoms with E-state index in [1.807, 2.05) is 30.3 Å². The molecule has 1 aromatic carbocycles. The number of anilines is 1. The van der Waals surface area contributed by atoms with E-state index in [0.717, 1.165) is 6.42 Å². The fraction of sp³-hybridized carbons (Fsp3) is 0.182. The van der Waals surface area contributed by atoms with Crippen LogP contribution in [0.15, 0.2) is 41.2 Å². The van der Waals surface area contributed by atoms with Gasteiger partial charge in [-0.15, -0.1) is 0 Å². The van der Waals surface area contributed by atoms with Crippen molar-refractivity contribution in [2.24, 2.45) is 0 Å². The summed E-state index contributed by atoms with van der Waals surface area (Å²) < 4.78 is 1.52. The summed E-state index contributed by atoms with van der Waals surface area (Å²) in [5.74, 6) is 0.410. The molecule has 1 aromatic heterocycles. The van der Waals surface area contributed by atoms with Gasteiger partial charge in [0.15, 0.2) is 0 Å². The summed E-state index contributed by atoms with van der Waals surface area (Å²) in [6.07, 6.45) is 0.820. The first-order valence-corrected chi connectivity index (χ1v) is 4.85. The number of benzene rings is 1. The van der Waals surface area contributed by atoms with E-state index in [-0.39, 0.29) is 5.56 Å². The highest BCUT2D eigenvalue weighted by Crippen LogP contribution is 2.00. The van der Waals surface area contributed by atoms with Crippen molar-refractivity contribution in [1.82, 2.24) is 9.78 Å². The summed E-state index contributed by atoms with van der Waals surface area (Å²) in [4.78, 5) is 11.3. The van der Waals surface area contributed by atoms with Crippen molar-refractivity contribution in [3.8, 4) is 0 Å². The molecule has 0 aliphatic carbocycles. The van der Waals surface area contributed by atoms with Crippen LogP contribution >= 0.6 is 0 Å². The maximum Gasteiger partial charge on any atom is 0.268 e. The highest BCUT2D eigenvalue weighted by atomic mass is 16.1. The first kappa shape index (κ1) is 9.58. The molecule has 1 heterocycles. The quantitative estimate of drug-likeness (QED) is 0.781. The maximum atomic E-state index is 11.3. The third-order valence-electron chi connectivity index (χ3n) is 2.28. The van der Waals surface area contributed by atoms with E-state index >= 15 is 0 Å². The topological polar surface area (TPSA) is 63.8 Å². The number of aromatic nitrogens is 2. The molecule has 0 saturated carbocycles. The molecule has 0 radical (unpaired) electrons. The number of nitrogens with zero attached hydrogens (tertiary/aromatic N) is 1. The lowest BCUT2D eigenvalue weighted by Gasteiger charge is -2.01. The Kier molecular flexibility index (Phi) is 2.58. The summed E-state index contributed by atoms with van der Waals surface area (Å²) >= 11 is 0. The van der Waals surface area contributed by atoms with E-state index in [1.165, 1.54) is 16.3 Å². The number of H-pyrrole nitrogens is 1. The minimum Gasteiger partial charge on any atom is -0.384 e. The monoisotopic (exact) mass is 203 g/mol. The third-order valence-corrected chi connectivity index (χ3v) is 2.28. The van der Waals surface area contributed by atoms with Crippen LogP contribution in [0.2, 0.25) is 0 Å². The van der Waals surface area contributed by atoms with E-state index in [9.17, 15) is 4.79 Å². The van der Waals surface area contributed by atoms with Crippen molar-refractivity contribution < 1.29 is 0 Å². The third kappa shape index (κ3) is 2.28. The number of nitrogens with two attached hydrogens (primary N) is 1. The van der Waals surface area contributed by atoms with E-state index in [1.54, 1.807) is 0 Å². The van der Waals surface area contributed by atoms with Crippen LogP contribution in [0.1, 0.15) is 5.56 Å². The molecule has 78 valence electrons. The first-order valence-electron chi connectivity index (χ1n) is 4.85. The average Bonchev–Trinajstić information content (AvgIpc) is 2.56. The molecule has 3 N–H and O–H groups in total. The Morgan fingerprint density at radius 2 is 2.00 bits per heavy atom. The zero-order chi connectivity index (χ0) is 10.7. The summed E-state index contributed by atoms with van der Waals surface area (Å²) in [5, 5.41) is 2.80. The highest BCUT2D eigenvalue weighted by Gasteiger charge is 1.99. The second-order valence-electron chi connectivity index (χ2n) is 3.44. The van der Waals surface area contributed by atoms with Gasteiger partial charge in [0.2, 0.25) is 0 Å². The molecule has 4 heteroatoms. The average molecular weight is 203 g/mol. The lowest BCUT2D eigenvalue weighted by molar-refractivity contribution is 0.599. The normalized spacial score (nSPS) is 10.4. The van der Waals surface area contributed by atoms with Crippen molar-refractivity contribution in [2.75, 3.05) is 5.73 Å².